The van der Waals surface area contributed by atoms with Crippen molar-refractivity contribution in [3.63, 3.8) is 0 Å². The summed E-state index contributed by atoms with van der Waals surface area (Å²) in [7, 11) is 0. The van der Waals surface area contributed by atoms with Crippen LogP contribution in [0.5, 0.6) is 0 Å². The highest BCUT2D eigenvalue weighted by Gasteiger charge is 2.40. The molecule has 1 aliphatic heterocycles. The fourth-order valence-electron chi connectivity index (χ4n) is 3.27. The molecule has 0 spiro atoms. The standard InChI is InChI=1S/C15H31NO/c1-5-13(6-2)14(17)15(4,7-3)16-11-9-8-10-12-16/h13-14,17H,5-12H2,1-4H3. The van der Waals surface area contributed by atoms with Gasteiger partial charge >= 0.3 is 0 Å². The lowest BCUT2D eigenvalue weighted by molar-refractivity contribution is -0.0633. The number of piperidine rings is 1. The van der Waals surface area contributed by atoms with Crippen molar-refractivity contribution in [1.82, 2.24) is 4.90 Å². The van der Waals surface area contributed by atoms with Gasteiger partial charge in [-0.25, -0.2) is 0 Å². The Morgan fingerprint density at radius 1 is 1.06 bits per heavy atom. The molecule has 1 fully saturated rings. The van der Waals surface area contributed by atoms with Crippen LogP contribution < -0.4 is 0 Å². The van der Waals surface area contributed by atoms with Crippen LogP contribution in [0.1, 0.15) is 66.2 Å². The van der Waals surface area contributed by atoms with Crippen LogP contribution in [0.15, 0.2) is 0 Å². The van der Waals surface area contributed by atoms with E-state index in [1.54, 1.807) is 0 Å². The molecule has 0 bridgehead atoms. The lowest BCUT2D eigenvalue weighted by atomic mass is 9.79. The molecule has 1 heterocycles. The first-order valence-electron chi connectivity index (χ1n) is 7.53. The second-order valence-corrected chi connectivity index (χ2v) is 5.78. The van der Waals surface area contributed by atoms with Crippen LogP contribution in [0, 0.1) is 5.92 Å². The molecule has 1 aliphatic rings. The van der Waals surface area contributed by atoms with Crippen molar-refractivity contribution in [2.24, 2.45) is 5.92 Å². The molecule has 0 aromatic heterocycles. The van der Waals surface area contributed by atoms with E-state index in [-0.39, 0.29) is 11.6 Å². The van der Waals surface area contributed by atoms with Crippen LogP contribution in [-0.4, -0.2) is 34.7 Å². The molecule has 2 nitrogen and oxygen atoms in total. The molecule has 2 atom stereocenters. The molecule has 1 saturated heterocycles. The third-order valence-electron chi connectivity index (χ3n) is 4.93. The number of hydrogen-bond donors (Lipinski definition) is 1. The van der Waals surface area contributed by atoms with Gasteiger partial charge in [0, 0.05) is 5.54 Å². The summed E-state index contributed by atoms with van der Waals surface area (Å²) in [6.07, 6.45) is 6.99. The monoisotopic (exact) mass is 241 g/mol. The van der Waals surface area contributed by atoms with Gasteiger partial charge in [0.25, 0.3) is 0 Å². The minimum atomic E-state index is -0.180. The molecule has 0 aliphatic carbocycles. The summed E-state index contributed by atoms with van der Waals surface area (Å²) in [5.41, 5.74) is -0.0168. The van der Waals surface area contributed by atoms with E-state index in [1.165, 1.54) is 32.4 Å². The number of rotatable bonds is 6. The fraction of sp³-hybridized carbons (Fsp3) is 1.00. The molecular weight excluding hydrogens is 210 g/mol. The number of nitrogens with zero attached hydrogens (tertiary/aromatic N) is 1. The van der Waals surface area contributed by atoms with Gasteiger partial charge in [-0.2, -0.15) is 0 Å². The second-order valence-electron chi connectivity index (χ2n) is 5.78. The lowest BCUT2D eigenvalue weighted by Crippen LogP contribution is -2.58. The average Bonchev–Trinajstić information content (AvgIpc) is 2.40. The number of likely N-dealkylation sites (tertiary alicyclic amines) is 1. The van der Waals surface area contributed by atoms with E-state index in [1.807, 2.05) is 0 Å². The zero-order chi connectivity index (χ0) is 12.9. The Kier molecular flexibility index (Phi) is 5.94. The van der Waals surface area contributed by atoms with Crippen LogP contribution >= 0.6 is 0 Å². The molecule has 0 amide bonds. The van der Waals surface area contributed by atoms with Crippen molar-refractivity contribution < 1.29 is 5.11 Å². The first-order chi connectivity index (χ1) is 8.10. The smallest absolute Gasteiger partial charge is 0.0748 e. The summed E-state index contributed by atoms with van der Waals surface area (Å²) in [5.74, 6) is 0.446. The van der Waals surface area contributed by atoms with Crippen molar-refractivity contribution in [3.05, 3.63) is 0 Å². The van der Waals surface area contributed by atoms with Crippen LogP contribution in [0.2, 0.25) is 0 Å². The summed E-state index contributed by atoms with van der Waals surface area (Å²) in [6.45, 7) is 11.2. The Morgan fingerprint density at radius 3 is 2.00 bits per heavy atom. The van der Waals surface area contributed by atoms with Gasteiger partial charge in [-0.1, -0.05) is 40.0 Å². The van der Waals surface area contributed by atoms with Gasteiger partial charge < -0.3 is 5.11 Å². The highest BCUT2D eigenvalue weighted by Crippen LogP contribution is 2.32. The van der Waals surface area contributed by atoms with Crippen LogP contribution in [0.4, 0.5) is 0 Å². The maximum atomic E-state index is 10.7. The summed E-state index contributed by atoms with van der Waals surface area (Å²) in [6, 6.07) is 0. The van der Waals surface area contributed by atoms with Gasteiger partial charge in [0.05, 0.1) is 6.10 Å². The quantitative estimate of drug-likeness (QED) is 0.770. The van der Waals surface area contributed by atoms with Crippen molar-refractivity contribution in [2.45, 2.75) is 77.9 Å². The molecule has 2 heteroatoms. The maximum absolute atomic E-state index is 10.7. The number of hydrogen-bond acceptors (Lipinski definition) is 2. The van der Waals surface area contributed by atoms with E-state index in [2.05, 4.69) is 32.6 Å². The molecule has 1 rings (SSSR count). The lowest BCUT2D eigenvalue weighted by Gasteiger charge is -2.48. The zero-order valence-electron chi connectivity index (χ0n) is 12.2. The minimum absolute atomic E-state index is 0.0168. The largest absolute Gasteiger partial charge is 0.391 e. The van der Waals surface area contributed by atoms with Gasteiger partial charge in [-0.15, -0.1) is 0 Å². The topological polar surface area (TPSA) is 23.5 Å². The average molecular weight is 241 g/mol. The highest BCUT2D eigenvalue weighted by atomic mass is 16.3. The van der Waals surface area contributed by atoms with E-state index in [4.69, 9.17) is 0 Å². The third kappa shape index (κ3) is 3.23. The van der Waals surface area contributed by atoms with Gasteiger partial charge in [0.1, 0.15) is 0 Å². The summed E-state index contributed by atoms with van der Waals surface area (Å²) >= 11 is 0. The molecule has 17 heavy (non-hydrogen) atoms. The molecule has 0 saturated carbocycles. The summed E-state index contributed by atoms with van der Waals surface area (Å²) in [4.78, 5) is 2.54. The second kappa shape index (κ2) is 6.75. The Labute approximate surface area is 107 Å². The number of aliphatic hydroxyl groups excluding tert-OH is 1. The Bertz CT molecular complexity index is 209. The van der Waals surface area contributed by atoms with E-state index in [0.29, 0.717) is 5.92 Å². The van der Waals surface area contributed by atoms with Crippen LogP contribution in [-0.2, 0) is 0 Å². The predicted octanol–water partition coefficient (Wildman–Crippen LogP) is 3.44. The van der Waals surface area contributed by atoms with E-state index >= 15 is 0 Å². The summed E-state index contributed by atoms with van der Waals surface area (Å²) < 4.78 is 0. The van der Waals surface area contributed by atoms with Crippen molar-refractivity contribution >= 4 is 0 Å². The maximum Gasteiger partial charge on any atom is 0.0748 e. The Balaban J connectivity index is 2.77. The Morgan fingerprint density at radius 2 is 1.59 bits per heavy atom. The molecule has 102 valence electrons. The molecule has 0 aromatic rings. The summed E-state index contributed by atoms with van der Waals surface area (Å²) in [5, 5.41) is 10.7. The molecule has 2 unspecified atom stereocenters. The fourth-order valence-corrected chi connectivity index (χ4v) is 3.27. The van der Waals surface area contributed by atoms with Gasteiger partial charge in [-0.05, 0) is 45.2 Å². The van der Waals surface area contributed by atoms with Crippen LogP contribution in [0.25, 0.3) is 0 Å². The van der Waals surface area contributed by atoms with Crippen molar-refractivity contribution in [1.29, 1.82) is 0 Å². The Hall–Kier alpha value is -0.0800. The van der Waals surface area contributed by atoms with E-state index < -0.39 is 0 Å². The predicted molar refractivity (Wildman–Crippen MR) is 74.2 cm³/mol. The minimum Gasteiger partial charge on any atom is -0.391 e. The molecule has 0 aromatic carbocycles. The first-order valence-corrected chi connectivity index (χ1v) is 7.53. The van der Waals surface area contributed by atoms with Gasteiger partial charge in [0.2, 0.25) is 0 Å². The van der Waals surface area contributed by atoms with Gasteiger partial charge in [0.15, 0.2) is 0 Å². The molecule has 0 radical (unpaired) electrons. The normalized spacial score (nSPS) is 23.6. The van der Waals surface area contributed by atoms with E-state index in [9.17, 15) is 5.11 Å². The third-order valence-corrected chi connectivity index (χ3v) is 4.93. The zero-order valence-corrected chi connectivity index (χ0v) is 12.2. The highest BCUT2D eigenvalue weighted by molar-refractivity contribution is 4.95. The molecule has 1 N–H and O–H groups in total. The number of aliphatic hydroxyl groups is 1. The van der Waals surface area contributed by atoms with Crippen molar-refractivity contribution in [3.8, 4) is 0 Å². The molecular formula is C15H31NO. The van der Waals surface area contributed by atoms with Crippen LogP contribution in [0.3, 0.4) is 0 Å². The van der Waals surface area contributed by atoms with E-state index in [0.717, 1.165) is 19.3 Å². The van der Waals surface area contributed by atoms with Gasteiger partial charge in [-0.3, -0.25) is 4.90 Å². The first kappa shape index (κ1) is 15.0. The SMILES string of the molecule is CCC(CC)C(O)C(C)(CC)N1CCCCC1. The van der Waals surface area contributed by atoms with Crippen molar-refractivity contribution in [2.75, 3.05) is 13.1 Å².